The number of anilines is 1. The molecule has 2 aliphatic rings. The highest BCUT2D eigenvalue weighted by atomic mass is 32.1. The summed E-state index contributed by atoms with van der Waals surface area (Å²) in [5.41, 5.74) is 1.22. The zero-order chi connectivity index (χ0) is 14.7. The van der Waals surface area contributed by atoms with Gasteiger partial charge in [0.2, 0.25) is 5.91 Å². The molecule has 4 heteroatoms. The Kier molecular flexibility index (Phi) is 4.94. The Labute approximate surface area is 131 Å². The molecule has 1 aromatic heterocycles. The Bertz CT molecular complexity index is 491. The van der Waals surface area contributed by atoms with Crippen molar-refractivity contribution in [2.24, 2.45) is 11.8 Å². The van der Waals surface area contributed by atoms with E-state index in [1.165, 1.54) is 49.1 Å². The Morgan fingerprint density at radius 1 is 1.29 bits per heavy atom. The number of hydrogen-bond donors (Lipinski definition) is 1. The highest BCUT2D eigenvalue weighted by molar-refractivity contribution is 7.15. The van der Waals surface area contributed by atoms with Gasteiger partial charge in [-0.3, -0.25) is 4.79 Å². The van der Waals surface area contributed by atoms with Crippen LogP contribution in [0.4, 0.5) is 5.13 Å². The molecule has 21 heavy (non-hydrogen) atoms. The topological polar surface area (TPSA) is 42.0 Å². The summed E-state index contributed by atoms with van der Waals surface area (Å²) in [7, 11) is 0. The molecular weight excluding hydrogens is 280 g/mol. The van der Waals surface area contributed by atoms with E-state index in [4.69, 9.17) is 0 Å². The van der Waals surface area contributed by atoms with E-state index in [1.807, 2.05) is 0 Å². The van der Waals surface area contributed by atoms with Crippen LogP contribution in [0.2, 0.25) is 0 Å². The summed E-state index contributed by atoms with van der Waals surface area (Å²) < 4.78 is 0. The quantitative estimate of drug-likeness (QED) is 0.885. The fourth-order valence-electron chi connectivity index (χ4n) is 3.59. The van der Waals surface area contributed by atoms with Crippen molar-refractivity contribution >= 4 is 22.4 Å². The van der Waals surface area contributed by atoms with Crippen LogP contribution in [-0.4, -0.2) is 10.9 Å². The number of carbonyl (C=O) groups is 1. The maximum absolute atomic E-state index is 12.1. The zero-order valence-electron chi connectivity index (χ0n) is 13.0. The Hall–Kier alpha value is -0.900. The normalized spacial score (nSPS) is 22.8. The van der Waals surface area contributed by atoms with Crippen LogP contribution >= 0.6 is 11.3 Å². The second-order valence-electron chi connectivity index (χ2n) is 6.83. The number of aryl methyl sites for hydroxylation is 1. The molecule has 1 atom stereocenters. The number of thiazole rings is 1. The van der Waals surface area contributed by atoms with Crippen molar-refractivity contribution < 1.29 is 4.79 Å². The molecule has 0 aromatic carbocycles. The number of amides is 1. The number of nitrogens with zero attached hydrogens (tertiary/aromatic N) is 1. The smallest absolute Gasteiger partial charge is 0.226 e. The number of fused-ring (bicyclic) bond motifs is 1. The third-order valence-electron chi connectivity index (χ3n) is 4.94. The molecule has 2 aliphatic carbocycles. The van der Waals surface area contributed by atoms with Gasteiger partial charge in [0.1, 0.15) is 0 Å². The van der Waals surface area contributed by atoms with Crippen LogP contribution in [0.15, 0.2) is 0 Å². The minimum absolute atomic E-state index is 0.153. The Balaban J connectivity index is 1.48. The van der Waals surface area contributed by atoms with E-state index in [9.17, 15) is 4.79 Å². The molecule has 3 nitrogen and oxygen atoms in total. The zero-order valence-corrected chi connectivity index (χ0v) is 13.8. The Morgan fingerprint density at radius 2 is 2.10 bits per heavy atom. The number of nitrogens with one attached hydrogen (secondary N) is 1. The molecule has 1 heterocycles. The molecule has 0 saturated heterocycles. The number of carbonyl (C=O) groups excluding carboxylic acids is 1. The van der Waals surface area contributed by atoms with E-state index in [1.54, 1.807) is 11.3 Å². The molecule has 1 saturated carbocycles. The summed E-state index contributed by atoms with van der Waals surface area (Å²) in [5, 5.41) is 3.84. The molecule has 3 rings (SSSR count). The summed E-state index contributed by atoms with van der Waals surface area (Å²) in [6, 6.07) is 0. The van der Waals surface area contributed by atoms with E-state index >= 15 is 0 Å². The minimum atomic E-state index is 0.153. The largest absolute Gasteiger partial charge is 0.302 e. The van der Waals surface area contributed by atoms with Crippen LogP contribution in [0.5, 0.6) is 0 Å². The highest BCUT2D eigenvalue weighted by Crippen LogP contribution is 2.32. The fraction of sp³-hybridized carbons (Fsp3) is 0.765. The van der Waals surface area contributed by atoms with E-state index in [2.05, 4.69) is 17.2 Å². The van der Waals surface area contributed by atoms with Crippen molar-refractivity contribution in [2.75, 3.05) is 5.32 Å². The monoisotopic (exact) mass is 306 g/mol. The first-order valence-electron chi connectivity index (χ1n) is 8.49. The number of hydrogen-bond acceptors (Lipinski definition) is 3. The van der Waals surface area contributed by atoms with Crippen molar-refractivity contribution in [3.05, 3.63) is 10.6 Å². The number of aromatic nitrogens is 1. The predicted molar refractivity (Wildman–Crippen MR) is 87.7 cm³/mol. The number of rotatable bonds is 4. The van der Waals surface area contributed by atoms with Gasteiger partial charge in [-0.15, -0.1) is 11.3 Å². The maximum atomic E-state index is 12.1. The van der Waals surface area contributed by atoms with Gasteiger partial charge in [-0.25, -0.2) is 4.98 Å². The standard InChI is InChI=1S/C17H26N2OS/c1-12-7-9-14-15(11-12)21-17(18-14)19-16(20)10-8-13-5-3-2-4-6-13/h12-13H,2-11H2,1H3,(H,18,19,20). The summed E-state index contributed by atoms with van der Waals surface area (Å²) >= 11 is 1.69. The SMILES string of the molecule is CC1CCc2nc(NC(=O)CCC3CCCCC3)sc2C1. The molecule has 1 unspecified atom stereocenters. The summed E-state index contributed by atoms with van der Waals surface area (Å²) in [5.74, 6) is 1.68. The average Bonchev–Trinajstić information content (AvgIpc) is 2.87. The van der Waals surface area contributed by atoms with Crippen LogP contribution in [0.25, 0.3) is 0 Å². The van der Waals surface area contributed by atoms with Crippen molar-refractivity contribution in [3.63, 3.8) is 0 Å². The van der Waals surface area contributed by atoms with Gasteiger partial charge in [-0.1, -0.05) is 39.0 Å². The second kappa shape index (κ2) is 6.91. The molecule has 1 aromatic rings. The van der Waals surface area contributed by atoms with E-state index in [0.29, 0.717) is 6.42 Å². The van der Waals surface area contributed by atoms with E-state index < -0.39 is 0 Å². The molecule has 0 spiro atoms. The molecule has 0 aliphatic heterocycles. The van der Waals surface area contributed by atoms with Crippen LogP contribution < -0.4 is 5.32 Å². The maximum Gasteiger partial charge on any atom is 0.226 e. The molecule has 1 N–H and O–H groups in total. The summed E-state index contributed by atoms with van der Waals surface area (Å²) in [6.07, 6.45) is 11.9. The fourth-order valence-corrected chi connectivity index (χ4v) is 4.77. The third kappa shape index (κ3) is 4.06. The van der Waals surface area contributed by atoms with Gasteiger partial charge in [0.25, 0.3) is 0 Å². The van der Waals surface area contributed by atoms with Crippen LogP contribution in [0.1, 0.15) is 68.9 Å². The lowest BCUT2D eigenvalue weighted by atomic mass is 9.86. The van der Waals surface area contributed by atoms with Gasteiger partial charge in [0.05, 0.1) is 5.69 Å². The van der Waals surface area contributed by atoms with Gasteiger partial charge < -0.3 is 5.32 Å². The first-order chi connectivity index (χ1) is 10.2. The summed E-state index contributed by atoms with van der Waals surface area (Å²) in [4.78, 5) is 18.1. The lowest BCUT2D eigenvalue weighted by Crippen LogP contribution is -2.14. The average molecular weight is 306 g/mol. The van der Waals surface area contributed by atoms with Gasteiger partial charge in [0.15, 0.2) is 5.13 Å². The van der Waals surface area contributed by atoms with Gasteiger partial charge in [0, 0.05) is 11.3 Å². The lowest BCUT2D eigenvalue weighted by molar-refractivity contribution is -0.116. The second-order valence-corrected chi connectivity index (χ2v) is 7.91. The van der Waals surface area contributed by atoms with Crippen molar-refractivity contribution in [3.8, 4) is 0 Å². The van der Waals surface area contributed by atoms with Crippen LogP contribution in [-0.2, 0) is 17.6 Å². The highest BCUT2D eigenvalue weighted by Gasteiger charge is 2.21. The van der Waals surface area contributed by atoms with Crippen molar-refractivity contribution in [2.45, 2.75) is 71.1 Å². The molecule has 0 radical (unpaired) electrons. The van der Waals surface area contributed by atoms with Crippen molar-refractivity contribution in [1.82, 2.24) is 4.98 Å². The molecule has 1 amide bonds. The predicted octanol–water partition coefficient (Wildman–Crippen LogP) is 4.57. The van der Waals surface area contributed by atoms with Crippen LogP contribution in [0.3, 0.4) is 0 Å². The van der Waals surface area contributed by atoms with Gasteiger partial charge >= 0.3 is 0 Å². The first kappa shape index (κ1) is 15.0. The van der Waals surface area contributed by atoms with Crippen LogP contribution in [0, 0.1) is 11.8 Å². The molecule has 0 bridgehead atoms. The lowest BCUT2D eigenvalue weighted by Gasteiger charge is -2.20. The molecular formula is C17H26N2OS. The Morgan fingerprint density at radius 3 is 2.90 bits per heavy atom. The van der Waals surface area contributed by atoms with Crippen molar-refractivity contribution in [1.29, 1.82) is 0 Å². The van der Waals surface area contributed by atoms with Gasteiger partial charge in [-0.05, 0) is 37.5 Å². The molecule has 1 fully saturated rings. The third-order valence-corrected chi connectivity index (χ3v) is 5.97. The molecule has 116 valence electrons. The van der Waals surface area contributed by atoms with E-state index in [0.717, 1.165) is 36.2 Å². The summed E-state index contributed by atoms with van der Waals surface area (Å²) in [6.45, 7) is 2.30. The minimum Gasteiger partial charge on any atom is -0.302 e. The van der Waals surface area contributed by atoms with Gasteiger partial charge in [-0.2, -0.15) is 0 Å². The van der Waals surface area contributed by atoms with E-state index in [-0.39, 0.29) is 5.91 Å². The first-order valence-corrected chi connectivity index (χ1v) is 9.31.